The Hall–Kier alpha value is -1.02. The Morgan fingerprint density at radius 2 is 2.13 bits per heavy atom. The highest BCUT2D eigenvalue weighted by Gasteiger charge is 2.17. The van der Waals surface area contributed by atoms with Crippen molar-refractivity contribution in [3.05, 3.63) is 28.8 Å². The van der Waals surface area contributed by atoms with Crippen LogP contribution in [0.15, 0.2) is 18.2 Å². The fourth-order valence-electron chi connectivity index (χ4n) is 1.30. The highest BCUT2D eigenvalue weighted by Crippen LogP contribution is 2.30. The standard InChI is InChI=1S/C12H15ClO2/c1-4-15-12-9(11(14)8(2)3)6-5-7-10(12)13/h5-8H,4H2,1-3H3. The van der Waals surface area contributed by atoms with Gasteiger partial charge in [0.15, 0.2) is 5.78 Å². The van der Waals surface area contributed by atoms with Gasteiger partial charge in [0.25, 0.3) is 0 Å². The van der Waals surface area contributed by atoms with Crippen molar-refractivity contribution in [2.45, 2.75) is 20.8 Å². The smallest absolute Gasteiger partial charge is 0.169 e. The zero-order valence-electron chi connectivity index (χ0n) is 9.21. The molecule has 3 heteroatoms. The van der Waals surface area contributed by atoms with E-state index in [0.717, 1.165) is 0 Å². The summed E-state index contributed by atoms with van der Waals surface area (Å²) in [5.41, 5.74) is 0.569. The third-order valence-corrected chi connectivity index (χ3v) is 2.34. The molecule has 2 nitrogen and oxygen atoms in total. The van der Waals surface area contributed by atoms with Gasteiger partial charge in [-0.05, 0) is 19.1 Å². The topological polar surface area (TPSA) is 26.3 Å². The van der Waals surface area contributed by atoms with Crippen LogP contribution in [0.5, 0.6) is 5.75 Å². The lowest BCUT2D eigenvalue weighted by molar-refractivity contribution is 0.0935. The summed E-state index contributed by atoms with van der Waals surface area (Å²) in [6, 6.07) is 5.24. The second-order valence-electron chi connectivity index (χ2n) is 3.57. The molecular formula is C12H15ClO2. The van der Waals surface area contributed by atoms with Crippen molar-refractivity contribution in [3.63, 3.8) is 0 Å². The maximum atomic E-state index is 11.9. The lowest BCUT2D eigenvalue weighted by Gasteiger charge is -2.12. The average Bonchev–Trinajstić information content (AvgIpc) is 2.20. The summed E-state index contributed by atoms with van der Waals surface area (Å²) in [5, 5.41) is 0.489. The molecule has 0 fully saturated rings. The fraction of sp³-hybridized carbons (Fsp3) is 0.417. The molecule has 1 aromatic carbocycles. The van der Waals surface area contributed by atoms with Crippen LogP contribution in [0, 0.1) is 5.92 Å². The van der Waals surface area contributed by atoms with Gasteiger partial charge in [-0.3, -0.25) is 4.79 Å². The summed E-state index contributed by atoms with van der Waals surface area (Å²) in [6.07, 6.45) is 0. The summed E-state index contributed by atoms with van der Waals surface area (Å²) < 4.78 is 5.39. The largest absolute Gasteiger partial charge is 0.492 e. The number of carbonyl (C=O) groups excluding carboxylic acids is 1. The molecule has 0 saturated carbocycles. The van der Waals surface area contributed by atoms with Crippen LogP contribution in [0.1, 0.15) is 31.1 Å². The second kappa shape index (κ2) is 5.17. The Balaban J connectivity index is 3.16. The Morgan fingerprint density at radius 3 is 2.67 bits per heavy atom. The summed E-state index contributed by atoms with van der Waals surface area (Å²) >= 11 is 5.98. The number of ether oxygens (including phenoxy) is 1. The molecule has 0 atom stereocenters. The predicted octanol–water partition coefficient (Wildman–Crippen LogP) is 3.58. The van der Waals surface area contributed by atoms with E-state index >= 15 is 0 Å². The van der Waals surface area contributed by atoms with E-state index < -0.39 is 0 Å². The molecular weight excluding hydrogens is 212 g/mol. The van der Waals surface area contributed by atoms with E-state index in [0.29, 0.717) is 22.9 Å². The van der Waals surface area contributed by atoms with Gasteiger partial charge in [-0.2, -0.15) is 0 Å². The first kappa shape index (κ1) is 12.1. The molecule has 0 radical (unpaired) electrons. The third-order valence-electron chi connectivity index (χ3n) is 2.05. The summed E-state index contributed by atoms with van der Waals surface area (Å²) in [7, 11) is 0. The van der Waals surface area contributed by atoms with Crippen molar-refractivity contribution in [1.29, 1.82) is 0 Å². The monoisotopic (exact) mass is 226 g/mol. The van der Waals surface area contributed by atoms with Gasteiger partial charge in [0.1, 0.15) is 5.75 Å². The van der Waals surface area contributed by atoms with Gasteiger partial charge in [-0.25, -0.2) is 0 Å². The summed E-state index contributed by atoms with van der Waals surface area (Å²) in [6.45, 7) is 6.09. The van der Waals surface area contributed by atoms with E-state index in [-0.39, 0.29) is 11.7 Å². The number of para-hydroxylation sites is 1. The van der Waals surface area contributed by atoms with Crippen molar-refractivity contribution in [2.75, 3.05) is 6.61 Å². The normalized spacial score (nSPS) is 10.5. The average molecular weight is 227 g/mol. The van der Waals surface area contributed by atoms with Crippen LogP contribution in [0.25, 0.3) is 0 Å². The van der Waals surface area contributed by atoms with E-state index in [1.807, 2.05) is 20.8 Å². The van der Waals surface area contributed by atoms with Gasteiger partial charge in [-0.1, -0.05) is 31.5 Å². The van der Waals surface area contributed by atoms with Crippen LogP contribution >= 0.6 is 11.6 Å². The Kier molecular flexibility index (Phi) is 4.15. The van der Waals surface area contributed by atoms with E-state index in [9.17, 15) is 4.79 Å². The maximum Gasteiger partial charge on any atom is 0.169 e. The molecule has 0 bridgehead atoms. The number of hydrogen-bond acceptors (Lipinski definition) is 2. The Labute approximate surface area is 95.2 Å². The highest BCUT2D eigenvalue weighted by atomic mass is 35.5. The van der Waals surface area contributed by atoms with Crippen LogP contribution < -0.4 is 4.74 Å². The van der Waals surface area contributed by atoms with E-state index in [4.69, 9.17) is 16.3 Å². The first-order valence-corrected chi connectivity index (χ1v) is 5.41. The summed E-state index contributed by atoms with van der Waals surface area (Å²) in [5.74, 6) is 0.504. The minimum Gasteiger partial charge on any atom is -0.492 e. The number of ketones is 1. The predicted molar refractivity (Wildman–Crippen MR) is 61.8 cm³/mol. The maximum absolute atomic E-state index is 11.9. The zero-order chi connectivity index (χ0) is 11.4. The highest BCUT2D eigenvalue weighted by molar-refractivity contribution is 6.32. The van der Waals surface area contributed by atoms with E-state index in [2.05, 4.69) is 0 Å². The van der Waals surface area contributed by atoms with Crippen molar-refractivity contribution < 1.29 is 9.53 Å². The molecule has 0 aromatic heterocycles. The van der Waals surface area contributed by atoms with E-state index in [1.54, 1.807) is 18.2 Å². The van der Waals surface area contributed by atoms with Gasteiger partial charge >= 0.3 is 0 Å². The zero-order valence-corrected chi connectivity index (χ0v) is 9.97. The first-order chi connectivity index (χ1) is 7.07. The molecule has 15 heavy (non-hydrogen) atoms. The van der Waals surface area contributed by atoms with Gasteiger partial charge in [0.2, 0.25) is 0 Å². The molecule has 82 valence electrons. The molecule has 0 aliphatic carbocycles. The quantitative estimate of drug-likeness (QED) is 0.734. The Bertz CT molecular complexity index is 359. The van der Waals surface area contributed by atoms with Crippen molar-refractivity contribution in [2.24, 2.45) is 5.92 Å². The molecule has 0 saturated heterocycles. The molecule has 1 rings (SSSR count). The van der Waals surface area contributed by atoms with Crippen LogP contribution in [-0.4, -0.2) is 12.4 Å². The van der Waals surface area contributed by atoms with Crippen molar-refractivity contribution in [1.82, 2.24) is 0 Å². The number of Topliss-reactive ketones (excluding diaryl/α,β-unsaturated/α-hetero) is 1. The molecule has 0 amide bonds. The van der Waals surface area contributed by atoms with Crippen LogP contribution in [0.3, 0.4) is 0 Å². The minimum absolute atomic E-state index is 0.0531. The molecule has 0 heterocycles. The lowest BCUT2D eigenvalue weighted by atomic mass is 10.0. The molecule has 1 aromatic rings. The first-order valence-electron chi connectivity index (χ1n) is 5.03. The molecule has 0 N–H and O–H groups in total. The van der Waals surface area contributed by atoms with Crippen molar-refractivity contribution in [3.8, 4) is 5.75 Å². The van der Waals surface area contributed by atoms with Gasteiger partial charge < -0.3 is 4.74 Å². The number of carbonyl (C=O) groups is 1. The number of rotatable bonds is 4. The molecule has 0 aliphatic rings. The minimum atomic E-state index is -0.0531. The SMILES string of the molecule is CCOc1c(Cl)cccc1C(=O)C(C)C. The van der Waals surface area contributed by atoms with Gasteiger partial charge in [0, 0.05) is 5.92 Å². The number of halogens is 1. The fourth-order valence-corrected chi connectivity index (χ4v) is 1.53. The van der Waals surface area contributed by atoms with E-state index in [1.165, 1.54) is 0 Å². The Morgan fingerprint density at radius 1 is 1.47 bits per heavy atom. The number of benzene rings is 1. The van der Waals surface area contributed by atoms with Crippen LogP contribution in [0.2, 0.25) is 5.02 Å². The van der Waals surface area contributed by atoms with Gasteiger partial charge in [-0.15, -0.1) is 0 Å². The molecule has 0 spiro atoms. The van der Waals surface area contributed by atoms with Gasteiger partial charge in [0.05, 0.1) is 17.2 Å². The van der Waals surface area contributed by atoms with Crippen LogP contribution in [-0.2, 0) is 0 Å². The second-order valence-corrected chi connectivity index (χ2v) is 3.98. The molecule has 0 aliphatic heterocycles. The lowest BCUT2D eigenvalue weighted by Crippen LogP contribution is -2.10. The third kappa shape index (κ3) is 2.72. The molecule has 0 unspecified atom stereocenters. The summed E-state index contributed by atoms with van der Waals surface area (Å²) in [4.78, 5) is 11.9. The van der Waals surface area contributed by atoms with Crippen LogP contribution in [0.4, 0.5) is 0 Å². The number of hydrogen-bond donors (Lipinski definition) is 0. The van der Waals surface area contributed by atoms with Crippen molar-refractivity contribution >= 4 is 17.4 Å².